The molecule has 0 fully saturated rings. The number of hydrogen-bond acceptors (Lipinski definition) is 2. The molecule has 3 aromatic rings. The molecule has 0 spiro atoms. The van der Waals surface area contributed by atoms with E-state index in [4.69, 9.17) is 0 Å². The van der Waals surface area contributed by atoms with Crippen LogP contribution in [0.2, 0.25) is 0 Å². The second-order valence-electron chi connectivity index (χ2n) is 4.63. The molecule has 3 rings (SSSR count). The fourth-order valence-electron chi connectivity index (χ4n) is 2.04. The Hall–Kier alpha value is -2.14. The molecular weight excluding hydrogens is 333 g/mol. The molecule has 21 heavy (non-hydrogen) atoms. The smallest absolute Gasteiger partial charge is 0.129 e. The van der Waals surface area contributed by atoms with Gasteiger partial charge in [0.25, 0.3) is 0 Å². The summed E-state index contributed by atoms with van der Waals surface area (Å²) in [6.45, 7) is 0.447. The lowest BCUT2D eigenvalue weighted by Gasteiger charge is -2.08. The van der Waals surface area contributed by atoms with E-state index in [-0.39, 0.29) is 5.82 Å². The number of anilines is 1. The zero-order chi connectivity index (χ0) is 14.7. The van der Waals surface area contributed by atoms with Gasteiger partial charge in [0, 0.05) is 22.3 Å². The van der Waals surface area contributed by atoms with Crippen LogP contribution in [0.4, 0.5) is 10.1 Å². The minimum atomic E-state index is -0.217. The van der Waals surface area contributed by atoms with Gasteiger partial charge in [0.2, 0.25) is 0 Å². The Kier molecular flexibility index (Phi) is 4.01. The van der Waals surface area contributed by atoms with Gasteiger partial charge in [-0.15, -0.1) is 0 Å². The quantitative estimate of drug-likeness (QED) is 0.725. The second kappa shape index (κ2) is 6.10. The number of aromatic amines is 1. The van der Waals surface area contributed by atoms with Crippen molar-refractivity contribution in [2.75, 3.05) is 5.32 Å². The predicted molar refractivity (Wildman–Crippen MR) is 85.5 cm³/mol. The molecule has 2 aromatic carbocycles. The van der Waals surface area contributed by atoms with E-state index in [1.54, 1.807) is 18.6 Å². The van der Waals surface area contributed by atoms with Gasteiger partial charge in [0.15, 0.2) is 0 Å². The third kappa shape index (κ3) is 3.31. The van der Waals surface area contributed by atoms with Gasteiger partial charge >= 0.3 is 0 Å². The molecule has 0 saturated carbocycles. The maximum Gasteiger partial charge on any atom is 0.129 e. The third-order valence-electron chi connectivity index (χ3n) is 3.19. The summed E-state index contributed by atoms with van der Waals surface area (Å²) in [5.41, 5.74) is 3.62. The van der Waals surface area contributed by atoms with Crippen LogP contribution in [0.25, 0.3) is 11.3 Å². The molecule has 0 radical (unpaired) electrons. The molecule has 1 heterocycles. The molecule has 1 aromatic heterocycles. The van der Waals surface area contributed by atoms with E-state index >= 15 is 0 Å². The SMILES string of the molecule is Fc1cc(Br)ccc1CNc1ccc(-c2cnc[nH]2)cc1. The van der Waals surface area contributed by atoms with Gasteiger partial charge < -0.3 is 10.3 Å². The first kappa shape index (κ1) is 13.8. The number of nitrogens with one attached hydrogen (secondary N) is 2. The lowest BCUT2D eigenvalue weighted by Crippen LogP contribution is -2.01. The molecule has 0 saturated heterocycles. The summed E-state index contributed by atoms with van der Waals surface area (Å²) in [6.07, 6.45) is 3.43. The maximum absolute atomic E-state index is 13.7. The number of aromatic nitrogens is 2. The predicted octanol–water partition coefficient (Wildman–Crippen LogP) is 4.59. The lowest BCUT2D eigenvalue weighted by atomic mass is 10.1. The van der Waals surface area contributed by atoms with Gasteiger partial charge in [-0.05, 0) is 29.8 Å². The van der Waals surface area contributed by atoms with Crippen molar-refractivity contribution in [1.82, 2.24) is 9.97 Å². The van der Waals surface area contributed by atoms with Crippen LogP contribution in [0.5, 0.6) is 0 Å². The summed E-state index contributed by atoms with van der Waals surface area (Å²) in [5.74, 6) is -0.217. The summed E-state index contributed by atoms with van der Waals surface area (Å²) in [6, 6.07) is 13.0. The molecule has 106 valence electrons. The Morgan fingerprint density at radius 1 is 1.14 bits per heavy atom. The largest absolute Gasteiger partial charge is 0.381 e. The normalized spacial score (nSPS) is 10.6. The standard InChI is InChI=1S/C16H13BrFN3/c17-13-4-1-12(15(18)7-13)8-20-14-5-2-11(3-6-14)16-9-19-10-21-16/h1-7,9-10,20H,8H2,(H,19,21). The van der Waals surface area contributed by atoms with E-state index in [1.165, 1.54) is 6.07 Å². The van der Waals surface area contributed by atoms with E-state index in [2.05, 4.69) is 31.2 Å². The van der Waals surface area contributed by atoms with Crippen molar-refractivity contribution in [3.63, 3.8) is 0 Å². The van der Waals surface area contributed by atoms with Gasteiger partial charge in [-0.2, -0.15) is 0 Å². The van der Waals surface area contributed by atoms with Gasteiger partial charge in [-0.1, -0.05) is 34.1 Å². The van der Waals surface area contributed by atoms with E-state index in [1.807, 2.05) is 30.3 Å². The van der Waals surface area contributed by atoms with Crippen LogP contribution in [0.1, 0.15) is 5.56 Å². The molecule has 0 bridgehead atoms. The second-order valence-corrected chi connectivity index (χ2v) is 5.55. The average Bonchev–Trinajstić information content (AvgIpc) is 3.01. The molecule has 0 aliphatic carbocycles. The Morgan fingerprint density at radius 3 is 2.62 bits per heavy atom. The average molecular weight is 346 g/mol. The minimum absolute atomic E-state index is 0.217. The van der Waals surface area contributed by atoms with E-state index in [0.717, 1.165) is 21.4 Å². The fraction of sp³-hybridized carbons (Fsp3) is 0.0625. The fourth-order valence-corrected chi connectivity index (χ4v) is 2.38. The number of hydrogen-bond donors (Lipinski definition) is 2. The highest BCUT2D eigenvalue weighted by Crippen LogP contribution is 2.20. The summed E-state index contributed by atoms with van der Waals surface area (Å²) in [7, 11) is 0. The van der Waals surface area contributed by atoms with Gasteiger partial charge in [0.1, 0.15) is 5.82 Å². The van der Waals surface area contributed by atoms with E-state index < -0.39 is 0 Å². The van der Waals surface area contributed by atoms with Crippen LogP contribution in [-0.2, 0) is 6.54 Å². The molecule has 0 aliphatic rings. The molecular formula is C16H13BrFN3. The first-order valence-electron chi connectivity index (χ1n) is 6.49. The van der Waals surface area contributed by atoms with E-state index in [0.29, 0.717) is 12.1 Å². The maximum atomic E-state index is 13.7. The summed E-state index contributed by atoms with van der Waals surface area (Å²) in [4.78, 5) is 7.06. The van der Waals surface area contributed by atoms with Crippen molar-refractivity contribution in [1.29, 1.82) is 0 Å². The van der Waals surface area contributed by atoms with Crippen molar-refractivity contribution in [3.05, 3.63) is 70.8 Å². The first-order chi connectivity index (χ1) is 10.2. The summed E-state index contributed by atoms with van der Waals surface area (Å²) >= 11 is 3.25. The first-order valence-corrected chi connectivity index (χ1v) is 7.28. The number of rotatable bonds is 4. The summed E-state index contributed by atoms with van der Waals surface area (Å²) in [5, 5.41) is 3.21. The zero-order valence-corrected chi connectivity index (χ0v) is 12.7. The van der Waals surface area contributed by atoms with Gasteiger partial charge in [-0.3, -0.25) is 0 Å². The Morgan fingerprint density at radius 2 is 1.95 bits per heavy atom. The molecule has 0 atom stereocenters. The highest BCUT2D eigenvalue weighted by molar-refractivity contribution is 9.10. The van der Waals surface area contributed by atoms with Gasteiger partial charge in [-0.25, -0.2) is 9.37 Å². The van der Waals surface area contributed by atoms with Crippen molar-refractivity contribution >= 4 is 21.6 Å². The number of H-pyrrole nitrogens is 1. The molecule has 3 nitrogen and oxygen atoms in total. The highest BCUT2D eigenvalue weighted by atomic mass is 79.9. The number of nitrogens with zero attached hydrogens (tertiary/aromatic N) is 1. The molecule has 0 unspecified atom stereocenters. The molecule has 0 aliphatic heterocycles. The zero-order valence-electron chi connectivity index (χ0n) is 11.1. The highest BCUT2D eigenvalue weighted by Gasteiger charge is 2.03. The molecule has 2 N–H and O–H groups in total. The number of halogens is 2. The van der Waals surface area contributed by atoms with Crippen LogP contribution in [0.15, 0.2) is 59.5 Å². The van der Waals surface area contributed by atoms with Crippen LogP contribution >= 0.6 is 15.9 Å². The van der Waals surface area contributed by atoms with Crippen molar-refractivity contribution in [2.45, 2.75) is 6.54 Å². The van der Waals surface area contributed by atoms with Crippen molar-refractivity contribution in [3.8, 4) is 11.3 Å². The Bertz CT molecular complexity index is 724. The number of imidazole rings is 1. The van der Waals surface area contributed by atoms with E-state index in [9.17, 15) is 4.39 Å². The molecule has 5 heteroatoms. The van der Waals surface area contributed by atoms with Gasteiger partial charge in [0.05, 0.1) is 18.2 Å². The van der Waals surface area contributed by atoms with Crippen LogP contribution in [-0.4, -0.2) is 9.97 Å². The Balaban J connectivity index is 1.68. The van der Waals surface area contributed by atoms with Crippen molar-refractivity contribution < 1.29 is 4.39 Å². The minimum Gasteiger partial charge on any atom is -0.381 e. The number of benzene rings is 2. The van der Waals surface area contributed by atoms with Crippen LogP contribution in [0, 0.1) is 5.82 Å². The topological polar surface area (TPSA) is 40.7 Å². The van der Waals surface area contributed by atoms with Crippen molar-refractivity contribution in [2.24, 2.45) is 0 Å². The monoisotopic (exact) mass is 345 g/mol. The molecule has 0 amide bonds. The lowest BCUT2D eigenvalue weighted by molar-refractivity contribution is 0.612. The van der Waals surface area contributed by atoms with Crippen LogP contribution < -0.4 is 5.32 Å². The van der Waals surface area contributed by atoms with Crippen LogP contribution in [0.3, 0.4) is 0 Å². The summed E-state index contributed by atoms with van der Waals surface area (Å²) < 4.78 is 14.5. The third-order valence-corrected chi connectivity index (χ3v) is 3.69. The Labute approximate surface area is 130 Å².